The van der Waals surface area contributed by atoms with Gasteiger partial charge < -0.3 is 5.73 Å². The van der Waals surface area contributed by atoms with Crippen LogP contribution >= 0.6 is 15.9 Å². The van der Waals surface area contributed by atoms with E-state index < -0.39 is 0 Å². The van der Waals surface area contributed by atoms with Gasteiger partial charge in [-0.2, -0.15) is 5.10 Å². The van der Waals surface area contributed by atoms with Crippen molar-refractivity contribution in [3.05, 3.63) is 29.4 Å². The van der Waals surface area contributed by atoms with Crippen LogP contribution in [0.2, 0.25) is 0 Å². The van der Waals surface area contributed by atoms with Crippen molar-refractivity contribution in [2.45, 2.75) is 0 Å². The van der Waals surface area contributed by atoms with Gasteiger partial charge in [-0.25, -0.2) is 9.97 Å². The lowest BCUT2D eigenvalue weighted by molar-refractivity contribution is 0.768. The molecule has 3 aromatic rings. The number of aryl methyl sites for hydroxylation is 1. The van der Waals surface area contributed by atoms with Gasteiger partial charge in [0.25, 0.3) is 0 Å². The Balaban J connectivity index is 2.35. The Morgan fingerprint density at radius 1 is 1.41 bits per heavy atom. The minimum Gasteiger partial charge on any atom is -0.382 e. The maximum Gasteiger partial charge on any atom is 0.150 e. The van der Waals surface area contributed by atoms with Crippen molar-refractivity contribution >= 4 is 27.3 Å². The van der Waals surface area contributed by atoms with Gasteiger partial charge in [-0.15, -0.1) is 0 Å². The van der Waals surface area contributed by atoms with E-state index in [9.17, 15) is 0 Å². The van der Waals surface area contributed by atoms with Crippen LogP contribution in [0.1, 0.15) is 0 Å². The Bertz CT molecular complexity index is 698. The molecule has 0 aromatic carbocycles. The molecule has 2 N–H and O–H groups in total. The van der Waals surface area contributed by atoms with Crippen LogP contribution in [0.3, 0.4) is 0 Å². The second-order valence-corrected chi connectivity index (χ2v) is 4.41. The van der Waals surface area contributed by atoms with Crippen molar-refractivity contribution in [1.29, 1.82) is 0 Å². The summed E-state index contributed by atoms with van der Waals surface area (Å²) in [7, 11) is 1.87. The zero-order valence-corrected chi connectivity index (χ0v) is 10.6. The number of nitrogen functional groups attached to an aromatic ring is 1. The quantitative estimate of drug-likeness (QED) is 0.737. The zero-order valence-electron chi connectivity index (χ0n) is 9.00. The summed E-state index contributed by atoms with van der Waals surface area (Å²) in [6.45, 7) is 0. The molecule has 0 atom stereocenters. The van der Waals surface area contributed by atoms with E-state index in [1.165, 1.54) is 0 Å². The molecule has 86 valence electrons. The van der Waals surface area contributed by atoms with Crippen LogP contribution in [0.4, 0.5) is 5.82 Å². The van der Waals surface area contributed by atoms with E-state index in [-0.39, 0.29) is 0 Å². The highest BCUT2D eigenvalue weighted by atomic mass is 79.9. The van der Waals surface area contributed by atoms with E-state index in [4.69, 9.17) is 5.73 Å². The highest BCUT2D eigenvalue weighted by molar-refractivity contribution is 9.10. The van der Waals surface area contributed by atoms with Crippen molar-refractivity contribution in [1.82, 2.24) is 24.1 Å². The first-order valence-electron chi connectivity index (χ1n) is 4.94. The molecule has 0 radical (unpaired) electrons. The van der Waals surface area contributed by atoms with Crippen LogP contribution in [0.15, 0.2) is 29.4 Å². The molecule has 0 saturated carbocycles. The predicted molar refractivity (Wildman–Crippen MR) is 67.3 cm³/mol. The van der Waals surface area contributed by atoms with E-state index in [0.717, 1.165) is 16.9 Å². The standard InChI is InChI=1S/C10H9BrN6/c1-16-5-6(4-14-16)10-15-8(11)7-9(12)13-2-3-17(7)10/h2-5H,1H3,(H2,12,13). The minimum atomic E-state index is 0.446. The SMILES string of the molecule is Cn1cc(-c2nc(Br)c3c(N)nccn23)cn1. The third-order valence-corrected chi connectivity index (χ3v) is 3.06. The molecule has 0 fully saturated rings. The molecule has 0 saturated heterocycles. The topological polar surface area (TPSA) is 74.0 Å². The highest BCUT2D eigenvalue weighted by Crippen LogP contribution is 2.27. The molecule has 0 unspecified atom stereocenters. The number of nitrogens with zero attached hydrogens (tertiary/aromatic N) is 5. The lowest BCUT2D eigenvalue weighted by Crippen LogP contribution is -1.95. The Morgan fingerprint density at radius 2 is 2.24 bits per heavy atom. The summed E-state index contributed by atoms with van der Waals surface area (Å²) in [4.78, 5) is 8.49. The van der Waals surface area contributed by atoms with Crippen molar-refractivity contribution in [2.24, 2.45) is 7.05 Å². The predicted octanol–water partition coefficient (Wildman–Crippen LogP) is 1.47. The van der Waals surface area contributed by atoms with E-state index in [1.54, 1.807) is 17.1 Å². The van der Waals surface area contributed by atoms with Crippen LogP contribution in [0.25, 0.3) is 16.9 Å². The number of hydrogen-bond acceptors (Lipinski definition) is 4. The molecule has 7 heteroatoms. The average molecular weight is 293 g/mol. The molecular formula is C10H9BrN6. The molecule has 0 amide bonds. The van der Waals surface area contributed by atoms with Crippen LogP contribution < -0.4 is 5.73 Å². The second-order valence-electron chi connectivity index (χ2n) is 3.66. The van der Waals surface area contributed by atoms with Crippen molar-refractivity contribution in [2.75, 3.05) is 5.73 Å². The summed E-state index contributed by atoms with van der Waals surface area (Å²) in [6.07, 6.45) is 7.14. The van der Waals surface area contributed by atoms with Gasteiger partial charge >= 0.3 is 0 Å². The number of hydrogen-bond donors (Lipinski definition) is 1. The third kappa shape index (κ3) is 1.50. The molecule has 0 aliphatic heterocycles. The molecular weight excluding hydrogens is 284 g/mol. The fourth-order valence-corrected chi connectivity index (χ4v) is 2.32. The number of anilines is 1. The van der Waals surface area contributed by atoms with Crippen LogP contribution in [-0.4, -0.2) is 24.1 Å². The monoisotopic (exact) mass is 292 g/mol. The number of aromatic nitrogens is 5. The van der Waals surface area contributed by atoms with Gasteiger partial charge in [0.2, 0.25) is 0 Å². The first-order chi connectivity index (χ1) is 8.16. The second kappa shape index (κ2) is 3.56. The molecule has 0 aliphatic rings. The Hall–Kier alpha value is -1.89. The molecule has 0 aliphatic carbocycles. The maximum atomic E-state index is 5.83. The third-order valence-electron chi connectivity index (χ3n) is 2.50. The Morgan fingerprint density at radius 3 is 2.94 bits per heavy atom. The van der Waals surface area contributed by atoms with Crippen LogP contribution in [-0.2, 0) is 7.05 Å². The van der Waals surface area contributed by atoms with Gasteiger partial charge in [0.1, 0.15) is 15.9 Å². The summed E-state index contributed by atoms with van der Waals surface area (Å²) < 4.78 is 4.31. The lowest BCUT2D eigenvalue weighted by atomic mass is 10.3. The normalized spacial score (nSPS) is 11.2. The first kappa shape index (κ1) is 10.3. The number of imidazole rings is 1. The molecule has 6 nitrogen and oxygen atoms in total. The summed E-state index contributed by atoms with van der Waals surface area (Å²) in [5, 5.41) is 4.13. The minimum absolute atomic E-state index is 0.446. The largest absolute Gasteiger partial charge is 0.382 e. The number of nitrogens with two attached hydrogens (primary N) is 1. The highest BCUT2D eigenvalue weighted by Gasteiger charge is 2.14. The fourth-order valence-electron chi connectivity index (χ4n) is 1.76. The van der Waals surface area contributed by atoms with Gasteiger partial charge in [-0.05, 0) is 15.9 Å². The van der Waals surface area contributed by atoms with Gasteiger partial charge in [0.15, 0.2) is 5.82 Å². The lowest BCUT2D eigenvalue weighted by Gasteiger charge is -1.99. The Labute approximate surface area is 105 Å². The molecule has 3 rings (SSSR count). The smallest absolute Gasteiger partial charge is 0.150 e. The van der Waals surface area contributed by atoms with E-state index in [2.05, 4.69) is 31.0 Å². The van der Waals surface area contributed by atoms with Gasteiger partial charge in [0, 0.05) is 25.6 Å². The molecule has 0 bridgehead atoms. The van der Waals surface area contributed by atoms with Crippen LogP contribution in [0, 0.1) is 0 Å². The molecule has 3 heterocycles. The van der Waals surface area contributed by atoms with E-state index >= 15 is 0 Å². The Kier molecular flexibility index (Phi) is 2.15. The zero-order chi connectivity index (χ0) is 12.0. The molecule has 17 heavy (non-hydrogen) atoms. The fraction of sp³-hybridized carbons (Fsp3) is 0.100. The summed E-state index contributed by atoms with van der Waals surface area (Å²) in [6, 6.07) is 0. The van der Waals surface area contributed by atoms with Gasteiger partial charge in [0.05, 0.1) is 11.8 Å². The van der Waals surface area contributed by atoms with Gasteiger partial charge in [-0.3, -0.25) is 9.08 Å². The van der Waals surface area contributed by atoms with E-state index in [0.29, 0.717) is 10.4 Å². The first-order valence-corrected chi connectivity index (χ1v) is 5.73. The average Bonchev–Trinajstić information content (AvgIpc) is 2.84. The number of rotatable bonds is 1. The van der Waals surface area contributed by atoms with Crippen LogP contribution in [0.5, 0.6) is 0 Å². The maximum absolute atomic E-state index is 5.83. The number of halogens is 1. The summed E-state index contributed by atoms with van der Waals surface area (Å²) in [5.41, 5.74) is 7.53. The molecule has 3 aromatic heterocycles. The van der Waals surface area contributed by atoms with E-state index in [1.807, 2.05) is 23.8 Å². The van der Waals surface area contributed by atoms with Gasteiger partial charge in [-0.1, -0.05) is 0 Å². The molecule has 0 spiro atoms. The van der Waals surface area contributed by atoms with Crippen molar-refractivity contribution in [3.8, 4) is 11.4 Å². The van der Waals surface area contributed by atoms with Crippen molar-refractivity contribution in [3.63, 3.8) is 0 Å². The number of fused-ring (bicyclic) bond motifs is 1. The summed E-state index contributed by atoms with van der Waals surface area (Å²) >= 11 is 3.39. The van der Waals surface area contributed by atoms with Crippen molar-refractivity contribution < 1.29 is 0 Å². The summed E-state index contributed by atoms with van der Waals surface area (Å²) in [5.74, 6) is 1.23.